The molecule has 0 radical (unpaired) electrons. The molecule has 0 aliphatic heterocycles. The van der Waals surface area contributed by atoms with Crippen LogP contribution in [0, 0.1) is 17.8 Å². The van der Waals surface area contributed by atoms with Crippen LogP contribution in [0.3, 0.4) is 0 Å². The van der Waals surface area contributed by atoms with Crippen molar-refractivity contribution in [2.24, 2.45) is 22.9 Å². The van der Waals surface area contributed by atoms with E-state index < -0.39 is 0 Å². The molecule has 2 aliphatic carbocycles. The third-order valence-electron chi connectivity index (χ3n) is 5.37. The van der Waals surface area contributed by atoms with E-state index in [9.17, 15) is 4.79 Å². The minimum atomic E-state index is 0.109. The minimum absolute atomic E-state index is 0.109. The summed E-state index contributed by atoms with van der Waals surface area (Å²) in [6.07, 6.45) is 6.74. The molecule has 4 nitrogen and oxygen atoms in total. The molecule has 0 heterocycles. The predicted molar refractivity (Wildman–Crippen MR) is 94.7 cm³/mol. The van der Waals surface area contributed by atoms with Gasteiger partial charge in [0.05, 0.1) is 6.21 Å². The van der Waals surface area contributed by atoms with Crippen LogP contribution in [0.15, 0.2) is 29.4 Å². The SMILES string of the molecule is CCN(CC)c1ccc(C=NNC(=O)C2[C@H]3CCCC[C@H]23)cc1. The maximum Gasteiger partial charge on any atom is 0.243 e. The number of carbonyl (C=O) groups excluding carboxylic acids is 1. The van der Waals surface area contributed by atoms with E-state index in [4.69, 9.17) is 0 Å². The van der Waals surface area contributed by atoms with E-state index in [1.54, 1.807) is 6.21 Å². The van der Waals surface area contributed by atoms with Crippen molar-refractivity contribution in [1.29, 1.82) is 0 Å². The monoisotopic (exact) mass is 313 g/mol. The zero-order chi connectivity index (χ0) is 16.2. The fraction of sp³-hybridized carbons (Fsp3) is 0.579. The molecule has 3 rings (SSSR count). The number of amides is 1. The summed E-state index contributed by atoms with van der Waals surface area (Å²) < 4.78 is 0. The number of benzene rings is 1. The van der Waals surface area contributed by atoms with Crippen LogP contribution in [-0.4, -0.2) is 25.2 Å². The van der Waals surface area contributed by atoms with Crippen LogP contribution in [0.25, 0.3) is 0 Å². The molecule has 0 unspecified atom stereocenters. The molecule has 2 fully saturated rings. The van der Waals surface area contributed by atoms with Crippen molar-refractivity contribution in [2.45, 2.75) is 39.5 Å². The molecule has 0 saturated heterocycles. The lowest BCUT2D eigenvalue weighted by atomic mass is 10.0. The largest absolute Gasteiger partial charge is 0.372 e. The van der Waals surface area contributed by atoms with Gasteiger partial charge >= 0.3 is 0 Å². The molecule has 1 aromatic carbocycles. The Morgan fingerprint density at radius 3 is 2.35 bits per heavy atom. The molecular weight excluding hydrogens is 286 g/mol. The number of rotatable bonds is 6. The molecular formula is C19H27N3O. The zero-order valence-electron chi connectivity index (χ0n) is 14.2. The van der Waals surface area contributed by atoms with Gasteiger partial charge < -0.3 is 4.90 Å². The molecule has 1 N–H and O–H groups in total. The number of fused-ring (bicyclic) bond motifs is 1. The Hall–Kier alpha value is -1.84. The van der Waals surface area contributed by atoms with E-state index >= 15 is 0 Å². The lowest BCUT2D eigenvalue weighted by molar-refractivity contribution is -0.122. The molecule has 4 heteroatoms. The highest BCUT2D eigenvalue weighted by atomic mass is 16.2. The Morgan fingerprint density at radius 1 is 1.17 bits per heavy atom. The van der Waals surface area contributed by atoms with Crippen LogP contribution in [-0.2, 0) is 4.79 Å². The third-order valence-corrected chi connectivity index (χ3v) is 5.37. The van der Waals surface area contributed by atoms with Gasteiger partial charge in [-0.3, -0.25) is 4.79 Å². The molecule has 2 saturated carbocycles. The summed E-state index contributed by atoms with van der Waals surface area (Å²) in [5, 5.41) is 4.14. The molecule has 0 aromatic heterocycles. The second-order valence-electron chi connectivity index (χ2n) is 6.64. The van der Waals surface area contributed by atoms with Gasteiger partial charge in [-0.25, -0.2) is 5.43 Å². The number of nitrogens with zero attached hydrogens (tertiary/aromatic N) is 2. The van der Waals surface area contributed by atoms with Crippen LogP contribution in [0.4, 0.5) is 5.69 Å². The van der Waals surface area contributed by atoms with Crippen LogP contribution in [0.1, 0.15) is 45.1 Å². The summed E-state index contributed by atoms with van der Waals surface area (Å²) in [6, 6.07) is 8.29. The van der Waals surface area contributed by atoms with E-state index in [1.807, 2.05) is 12.1 Å². The molecule has 23 heavy (non-hydrogen) atoms. The normalized spacial score (nSPS) is 25.9. The minimum Gasteiger partial charge on any atom is -0.372 e. The Labute approximate surface area is 139 Å². The van der Waals surface area contributed by atoms with Crippen molar-refractivity contribution in [2.75, 3.05) is 18.0 Å². The number of carbonyl (C=O) groups is 1. The lowest BCUT2D eigenvalue weighted by Gasteiger charge is -2.20. The molecule has 1 amide bonds. The summed E-state index contributed by atoms with van der Waals surface area (Å²) in [5.41, 5.74) is 4.96. The number of hydrazone groups is 1. The number of hydrogen-bond acceptors (Lipinski definition) is 3. The fourth-order valence-corrected chi connectivity index (χ4v) is 3.99. The van der Waals surface area contributed by atoms with Crippen molar-refractivity contribution in [3.05, 3.63) is 29.8 Å². The van der Waals surface area contributed by atoms with Crippen LogP contribution < -0.4 is 10.3 Å². The Bertz CT molecular complexity index is 550. The van der Waals surface area contributed by atoms with Crippen LogP contribution in [0.2, 0.25) is 0 Å². The number of anilines is 1. The Balaban J connectivity index is 1.51. The second kappa shape index (κ2) is 7.16. The number of nitrogens with one attached hydrogen (secondary N) is 1. The van der Waals surface area contributed by atoms with E-state index in [0.29, 0.717) is 11.8 Å². The summed E-state index contributed by atoms with van der Waals surface area (Å²) in [7, 11) is 0. The standard InChI is InChI=1S/C19H27N3O/c1-3-22(4-2)15-11-9-14(10-12-15)13-20-21-19(23)18-16-7-5-6-8-17(16)18/h9-13,16-18H,3-8H2,1-2H3,(H,21,23)/t16-,17-/m0/s1. The summed E-state index contributed by atoms with van der Waals surface area (Å²) in [5.74, 6) is 1.59. The van der Waals surface area contributed by atoms with E-state index in [-0.39, 0.29) is 11.8 Å². The highest BCUT2D eigenvalue weighted by molar-refractivity contribution is 5.85. The van der Waals surface area contributed by atoms with E-state index in [0.717, 1.165) is 18.7 Å². The van der Waals surface area contributed by atoms with Gasteiger partial charge in [-0.05, 0) is 56.2 Å². The maximum atomic E-state index is 12.2. The quantitative estimate of drug-likeness (QED) is 0.646. The van der Waals surface area contributed by atoms with Gasteiger partial charge in [0, 0.05) is 24.7 Å². The lowest BCUT2D eigenvalue weighted by Crippen LogP contribution is -2.21. The Morgan fingerprint density at radius 2 is 1.78 bits per heavy atom. The zero-order valence-corrected chi connectivity index (χ0v) is 14.2. The average Bonchev–Trinajstić information content (AvgIpc) is 3.32. The Kier molecular flexibility index (Phi) is 4.99. The average molecular weight is 313 g/mol. The van der Waals surface area contributed by atoms with Gasteiger partial charge in [0.15, 0.2) is 0 Å². The molecule has 124 valence electrons. The van der Waals surface area contributed by atoms with Gasteiger partial charge in [0.25, 0.3) is 0 Å². The predicted octanol–water partition coefficient (Wildman–Crippen LogP) is 3.42. The molecule has 1 aromatic rings. The first-order valence-electron chi connectivity index (χ1n) is 8.92. The topological polar surface area (TPSA) is 44.7 Å². The molecule has 2 atom stereocenters. The van der Waals surface area contributed by atoms with Crippen molar-refractivity contribution in [1.82, 2.24) is 5.43 Å². The van der Waals surface area contributed by atoms with Gasteiger partial charge in [0.2, 0.25) is 5.91 Å². The summed E-state index contributed by atoms with van der Waals surface area (Å²) in [6.45, 7) is 6.32. The third kappa shape index (κ3) is 3.57. The van der Waals surface area contributed by atoms with Crippen LogP contribution >= 0.6 is 0 Å². The van der Waals surface area contributed by atoms with Crippen molar-refractivity contribution in [3.63, 3.8) is 0 Å². The highest BCUT2D eigenvalue weighted by Crippen LogP contribution is 2.55. The fourth-order valence-electron chi connectivity index (χ4n) is 3.99. The summed E-state index contributed by atoms with van der Waals surface area (Å²) >= 11 is 0. The van der Waals surface area contributed by atoms with Gasteiger partial charge in [-0.15, -0.1) is 0 Å². The summed E-state index contributed by atoms with van der Waals surface area (Å²) in [4.78, 5) is 14.5. The highest BCUT2D eigenvalue weighted by Gasteiger charge is 2.54. The first-order valence-corrected chi connectivity index (χ1v) is 8.92. The first kappa shape index (κ1) is 16.0. The van der Waals surface area contributed by atoms with Crippen molar-refractivity contribution < 1.29 is 4.79 Å². The van der Waals surface area contributed by atoms with Crippen LogP contribution in [0.5, 0.6) is 0 Å². The first-order chi connectivity index (χ1) is 11.2. The second-order valence-corrected chi connectivity index (χ2v) is 6.64. The molecule has 0 bridgehead atoms. The van der Waals surface area contributed by atoms with E-state index in [1.165, 1.54) is 31.4 Å². The van der Waals surface area contributed by atoms with Gasteiger partial charge in [-0.1, -0.05) is 25.0 Å². The van der Waals surface area contributed by atoms with Crippen molar-refractivity contribution in [3.8, 4) is 0 Å². The number of hydrogen-bond donors (Lipinski definition) is 1. The molecule has 0 spiro atoms. The van der Waals surface area contributed by atoms with Gasteiger partial charge in [-0.2, -0.15) is 5.10 Å². The van der Waals surface area contributed by atoms with E-state index in [2.05, 4.69) is 41.4 Å². The smallest absolute Gasteiger partial charge is 0.243 e. The molecule has 2 aliphatic rings. The van der Waals surface area contributed by atoms with Crippen molar-refractivity contribution >= 4 is 17.8 Å². The maximum absolute atomic E-state index is 12.2. The van der Waals surface area contributed by atoms with Gasteiger partial charge in [0.1, 0.15) is 0 Å².